The lowest BCUT2D eigenvalue weighted by atomic mass is 10.4. The highest BCUT2D eigenvalue weighted by atomic mass is 35.5. The third kappa shape index (κ3) is 4.85. The molecule has 0 aliphatic carbocycles. The molecule has 0 aliphatic rings. The van der Waals surface area contributed by atoms with Gasteiger partial charge in [-0.25, -0.2) is 30.3 Å². The van der Waals surface area contributed by atoms with Gasteiger partial charge < -0.3 is 5.11 Å². The van der Waals surface area contributed by atoms with Crippen molar-refractivity contribution in [1.29, 1.82) is 0 Å². The Morgan fingerprint density at radius 1 is 1.29 bits per heavy atom. The number of aliphatic hydroxyl groups excluding tert-OH is 1. The smallest absolute Gasteiger partial charge is 0.283 e. The van der Waals surface area contributed by atoms with Crippen LogP contribution in [0.25, 0.3) is 0 Å². The fraction of sp³-hybridized carbons (Fsp3) is 0.400. The topological polar surface area (TPSA) is 101 Å². The number of sulfonamides is 1. The van der Waals surface area contributed by atoms with Gasteiger partial charge in [0, 0.05) is 6.26 Å². The number of nitrogens with one attached hydrogen (secondary N) is 1. The Hall–Kier alpha value is -0.810. The SMILES string of the molecule is CS(=O)(=O)c1ccc(Cl)c(S(=O)(=O)NCC(F)(F)CO)c1. The Balaban J connectivity index is 3.20. The molecular formula is C10H12ClF2NO5S2. The number of hydrogen-bond acceptors (Lipinski definition) is 5. The van der Waals surface area contributed by atoms with E-state index in [-0.39, 0.29) is 9.92 Å². The molecule has 2 N–H and O–H groups in total. The molecule has 0 atom stereocenters. The van der Waals surface area contributed by atoms with Crippen LogP contribution in [0.2, 0.25) is 5.02 Å². The molecule has 0 fully saturated rings. The zero-order valence-corrected chi connectivity index (χ0v) is 13.1. The van der Waals surface area contributed by atoms with E-state index in [0.29, 0.717) is 0 Å². The lowest BCUT2D eigenvalue weighted by Crippen LogP contribution is -2.39. The Bertz CT molecular complexity index is 734. The van der Waals surface area contributed by atoms with Crippen LogP contribution in [0.4, 0.5) is 8.78 Å². The van der Waals surface area contributed by atoms with E-state index < -0.39 is 43.8 Å². The van der Waals surface area contributed by atoms with Crippen molar-refractivity contribution in [3.05, 3.63) is 23.2 Å². The zero-order chi connectivity index (χ0) is 16.5. The second-order valence-corrected chi connectivity index (χ2v) is 8.36. The average Bonchev–Trinajstić information content (AvgIpc) is 2.35. The quantitative estimate of drug-likeness (QED) is 0.773. The average molecular weight is 364 g/mol. The minimum absolute atomic E-state index is 0.317. The van der Waals surface area contributed by atoms with Crippen molar-refractivity contribution in [2.75, 3.05) is 19.4 Å². The Labute approximate surface area is 125 Å². The summed E-state index contributed by atoms with van der Waals surface area (Å²) in [6, 6.07) is 2.91. The first-order valence-corrected chi connectivity index (χ1v) is 9.12. The molecule has 21 heavy (non-hydrogen) atoms. The summed E-state index contributed by atoms with van der Waals surface area (Å²) in [6.07, 6.45) is 0.861. The molecule has 0 saturated heterocycles. The van der Waals surface area contributed by atoms with Crippen molar-refractivity contribution in [1.82, 2.24) is 4.72 Å². The maximum atomic E-state index is 12.9. The van der Waals surface area contributed by atoms with Gasteiger partial charge in [-0.1, -0.05) is 11.6 Å². The van der Waals surface area contributed by atoms with Crippen LogP contribution in [0.1, 0.15) is 0 Å². The van der Waals surface area contributed by atoms with Crippen LogP contribution in [-0.4, -0.2) is 47.3 Å². The van der Waals surface area contributed by atoms with Crippen molar-refractivity contribution in [2.45, 2.75) is 15.7 Å². The van der Waals surface area contributed by atoms with E-state index in [4.69, 9.17) is 16.7 Å². The molecule has 0 aliphatic heterocycles. The molecule has 1 rings (SSSR count). The Morgan fingerprint density at radius 3 is 2.33 bits per heavy atom. The summed E-state index contributed by atoms with van der Waals surface area (Å²) in [5.74, 6) is -3.64. The predicted octanol–water partition coefficient (Wildman–Crippen LogP) is 0.649. The molecular weight excluding hydrogens is 352 g/mol. The van der Waals surface area contributed by atoms with Crippen molar-refractivity contribution in [3.63, 3.8) is 0 Å². The summed E-state index contributed by atoms with van der Waals surface area (Å²) in [6.45, 7) is -2.88. The highest BCUT2D eigenvalue weighted by Crippen LogP contribution is 2.25. The third-order valence-corrected chi connectivity index (χ3v) is 5.37. The number of hydrogen-bond donors (Lipinski definition) is 2. The number of benzene rings is 1. The Morgan fingerprint density at radius 2 is 1.86 bits per heavy atom. The monoisotopic (exact) mass is 363 g/mol. The van der Waals surface area contributed by atoms with Crippen LogP contribution in [0.5, 0.6) is 0 Å². The lowest BCUT2D eigenvalue weighted by Gasteiger charge is -2.15. The fourth-order valence-electron chi connectivity index (χ4n) is 1.25. The zero-order valence-electron chi connectivity index (χ0n) is 10.7. The van der Waals surface area contributed by atoms with Crippen LogP contribution < -0.4 is 4.72 Å². The van der Waals surface area contributed by atoms with Crippen LogP contribution in [0, 0.1) is 0 Å². The van der Waals surface area contributed by atoms with E-state index in [0.717, 1.165) is 24.5 Å². The molecule has 0 unspecified atom stereocenters. The summed E-state index contributed by atoms with van der Waals surface area (Å²) in [5, 5.41) is 8.06. The van der Waals surface area contributed by atoms with E-state index in [1.807, 2.05) is 0 Å². The first-order valence-electron chi connectivity index (χ1n) is 5.37. The summed E-state index contributed by atoms with van der Waals surface area (Å²) in [4.78, 5) is -0.956. The molecule has 0 aromatic heterocycles. The minimum Gasteiger partial charge on any atom is -0.390 e. The van der Waals surface area contributed by atoms with E-state index in [1.54, 1.807) is 4.72 Å². The van der Waals surface area contributed by atoms with E-state index in [2.05, 4.69) is 0 Å². The molecule has 1 aromatic carbocycles. The van der Waals surface area contributed by atoms with Gasteiger partial charge in [0.25, 0.3) is 5.92 Å². The van der Waals surface area contributed by atoms with E-state index in [1.165, 1.54) is 0 Å². The lowest BCUT2D eigenvalue weighted by molar-refractivity contribution is -0.0437. The fourth-order valence-corrected chi connectivity index (χ4v) is 3.56. The number of rotatable bonds is 6. The van der Waals surface area contributed by atoms with Crippen molar-refractivity contribution >= 4 is 31.5 Å². The van der Waals surface area contributed by atoms with Gasteiger partial charge in [-0.3, -0.25) is 0 Å². The second kappa shape index (κ2) is 6.13. The van der Waals surface area contributed by atoms with Crippen LogP contribution in [0.3, 0.4) is 0 Å². The number of alkyl halides is 2. The van der Waals surface area contributed by atoms with Crippen molar-refractivity contribution in [3.8, 4) is 0 Å². The summed E-state index contributed by atoms with van der Waals surface area (Å²) in [7, 11) is -8.14. The molecule has 6 nitrogen and oxygen atoms in total. The van der Waals surface area contributed by atoms with Gasteiger partial charge in [-0.15, -0.1) is 0 Å². The number of halogens is 3. The van der Waals surface area contributed by atoms with Gasteiger partial charge in [0.05, 0.1) is 16.5 Å². The molecule has 120 valence electrons. The molecule has 0 bridgehead atoms. The van der Waals surface area contributed by atoms with Gasteiger partial charge in [0.1, 0.15) is 11.5 Å². The minimum atomic E-state index is -4.45. The van der Waals surface area contributed by atoms with Crippen molar-refractivity contribution < 1.29 is 30.7 Å². The third-order valence-electron chi connectivity index (χ3n) is 2.37. The van der Waals surface area contributed by atoms with Crippen LogP contribution in [0.15, 0.2) is 28.0 Å². The van der Waals surface area contributed by atoms with E-state index >= 15 is 0 Å². The highest BCUT2D eigenvalue weighted by molar-refractivity contribution is 7.91. The summed E-state index contributed by atoms with van der Waals surface area (Å²) in [5.41, 5.74) is 0. The van der Waals surface area contributed by atoms with Gasteiger partial charge in [-0.05, 0) is 18.2 Å². The molecule has 0 radical (unpaired) electrons. The molecule has 0 amide bonds. The molecule has 0 heterocycles. The number of sulfone groups is 1. The maximum Gasteiger partial charge on any atom is 0.283 e. The van der Waals surface area contributed by atoms with Gasteiger partial charge >= 0.3 is 0 Å². The van der Waals surface area contributed by atoms with Gasteiger partial charge in [0.15, 0.2) is 9.84 Å². The van der Waals surface area contributed by atoms with E-state index in [9.17, 15) is 25.6 Å². The molecule has 1 aromatic rings. The standard InChI is InChI=1S/C10H12ClF2NO5S2/c1-20(16,17)7-2-3-8(11)9(4-7)21(18,19)14-5-10(12,13)6-15/h2-4,14-15H,5-6H2,1H3. The first kappa shape index (κ1) is 18.2. The normalized spacial score (nSPS) is 13.4. The summed E-state index contributed by atoms with van der Waals surface area (Å²) >= 11 is 5.66. The molecule has 11 heteroatoms. The highest BCUT2D eigenvalue weighted by Gasteiger charge is 2.31. The van der Waals surface area contributed by atoms with Gasteiger partial charge in [-0.2, -0.15) is 0 Å². The second-order valence-electron chi connectivity index (χ2n) is 4.20. The first-order chi connectivity index (χ1) is 9.39. The molecule has 0 saturated carbocycles. The van der Waals surface area contributed by atoms with Crippen molar-refractivity contribution in [2.24, 2.45) is 0 Å². The predicted molar refractivity (Wildman–Crippen MR) is 71.8 cm³/mol. The summed E-state index contributed by atoms with van der Waals surface area (Å²) < 4.78 is 73.8. The number of aliphatic hydroxyl groups is 1. The van der Waals surface area contributed by atoms with Crippen LogP contribution in [-0.2, 0) is 19.9 Å². The Kier molecular flexibility index (Phi) is 5.32. The largest absolute Gasteiger partial charge is 0.390 e. The maximum absolute atomic E-state index is 12.9. The van der Waals surface area contributed by atoms with Gasteiger partial charge in [0.2, 0.25) is 10.0 Å². The molecule has 0 spiro atoms. The van der Waals surface area contributed by atoms with Crippen LogP contribution >= 0.6 is 11.6 Å².